The summed E-state index contributed by atoms with van der Waals surface area (Å²) in [5.74, 6) is 1.99. The van der Waals surface area contributed by atoms with E-state index < -0.39 is 0 Å². The van der Waals surface area contributed by atoms with Gasteiger partial charge in [-0.25, -0.2) is 0 Å². The molecule has 0 amide bonds. The number of ether oxygens (including phenoxy) is 1. The number of aryl methyl sites for hydroxylation is 2. The second kappa shape index (κ2) is 8.15. The van der Waals surface area contributed by atoms with Crippen LogP contribution in [0.2, 0.25) is 0 Å². The topological polar surface area (TPSA) is 36.9 Å². The molecule has 0 fully saturated rings. The highest BCUT2D eigenvalue weighted by molar-refractivity contribution is 14.0. The number of amidine groups is 1. The van der Waals surface area contributed by atoms with Crippen molar-refractivity contribution in [3.8, 4) is 5.75 Å². The van der Waals surface area contributed by atoms with E-state index in [4.69, 9.17) is 4.74 Å². The van der Waals surface area contributed by atoms with Gasteiger partial charge in [0.05, 0.1) is 12.1 Å². The molecular formula is C17H26IN3O. The van der Waals surface area contributed by atoms with Crippen LogP contribution in [0.15, 0.2) is 17.1 Å². The predicted octanol–water partition coefficient (Wildman–Crippen LogP) is 2.47. The minimum absolute atomic E-state index is 0. The van der Waals surface area contributed by atoms with Crippen LogP contribution >= 0.6 is 24.0 Å². The van der Waals surface area contributed by atoms with Crippen LogP contribution in [0, 0.1) is 0 Å². The fourth-order valence-electron chi connectivity index (χ4n) is 2.98. The van der Waals surface area contributed by atoms with Gasteiger partial charge in [0.1, 0.15) is 18.2 Å². The van der Waals surface area contributed by atoms with Crippen LogP contribution in [0.25, 0.3) is 0 Å². The molecule has 0 aromatic heterocycles. The molecule has 0 bridgehead atoms. The summed E-state index contributed by atoms with van der Waals surface area (Å²) in [5, 5.41) is 3.38. The largest absolute Gasteiger partial charge is 0.491 e. The molecule has 3 rings (SSSR count). The zero-order chi connectivity index (χ0) is 14.7. The molecule has 0 radical (unpaired) electrons. The molecule has 4 nitrogen and oxygen atoms in total. The number of benzene rings is 1. The molecule has 1 aromatic carbocycles. The molecule has 0 saturated carbocycles. The average molecular weight is 415 g/mol. The van der Waals surface area contributed by atoms with Gasteiger partial charge in [0, 0.05) is 13.1 Å². The molecule has 122 valence electrons. The molecule has 2 aliphatic rings. The smallest absolute Gasteiger partial charge is 0.132 e. The SMILES string of the molecule is CN(C)CCOc1cc2c(cc1C1=NCCN1)CCCC2.I. The number of likely N-dealkylation sites (N-methyl/N-ethyl adjacent to an activating group) is 1. The summed E-state index contributed by atoms with van der Waals surface area (Å²) in [7, 11) is 4.14. The molecule has 1 aromatic rings. The molecule has 0 spiro atoms. The Morgan fingerprint density at radius 1 is 1.18 bits per heavy atom. The Kier molecular flexibility index (Phi) is 6.50. The summed E-state index contributed by atoms with van der Waals surface area (Å²) in [4.78, 5) is 6.72. The maximum Gasteiger partial charge on any atom is 0.132 e. The molecule has 0 unspecified atom stereocenters. The first-order chi connectivity index (χ1) is 10.2. The van der Waals surface area contributed by atoms with Gasteiger partial charge < -0.3 is 15.0 Å². The number of nitrogens with zero attached hydrogens (tertiary/aromatic N) is 2. The van der Waals surface area contributed by atoms with Gasteiger partial charge >= 0.3 is 0 Å². The zero-order valence-electron chi connectivity index (χ0n) is 13.5. The van der Waals surface area contributed by atoms with Gasteiger partial charge in [-0.15, -0.1) is 24.0 Å². The van der Waals surface area contributed by atoms with Crippen molar-refractivity contribution >= 4 is 29.8 Å². The van der Waals surface area contributed by atoms with Crippen molar-refractivity contribution in [2.45, 2.75) is 25.7 Å². The van der Waals surface area contributed by atoms with Gasteiger partial charge in [-0.1, -0.05) is 0 Å². The monoisotopic (exact) mass is 415 g/mol. The van der Waals surface area contributed by atoms with E-state index in [1.165, 1.54) is 36.8 Å². The van der Waals surface area contributed by atoms with Gasteiger partial charge in [0.2, 0.25) is 0 Å². The lowest BCUT2D eigenvalue weighted by Crippen LogP contribution is -2.23. The highest BCUT2D eigenvalue weighted by Crippen LogP contribution is 2.30. The summed E-state index contributed by atoms with van der Waals surface area (Å²) < 4.78 is 6.06. The molecule has 1 aliphatic heterocycles. The third-order valence-electron chi connectivity index (χ3n) is 4.17. The van der Waals surface area contributed by atoms with E-state index in [1.807, 2.05) is 0 Å². The van der Waals surface area contributed by atoms with Gasteiger partial charge in [-0.2, -0.15) is 0 Å². The first kappa shape index (κ1) is 17.5. The number of fused-ring (bicyclic) bond motifs is 1. The average Bonchev–Trinajstić information content (AvgIpc) is 3.00. The van der Waals surface area contributed by atoms with Crippen molar-refractivity contribution in [2.75, 3.05) is 40.3 Å². The Hall–Kier alpha value is -0.820. The van der Waals surface area contributed by atoms with E-state index in [-0.39, 0.29) is 24.0 Å². The number of aliphatic imine (C=N–C) groups is 1. The Morgan fingerprint density at radius 3 is 2.55 bits per heavy atom. The first-order valence-electron chi connectivity index (χ1n) is 7.96. The highest BCUT2D eigenvalue weighted by Gasteiger charge is 2.19. The van der Waals surface area contributed by atoms with Crippen LogP contribution in [-0.4, -0.2) is 51.1 Å². The van der Waals surface area contributed by atoms with Crippen LogP contribution in [0.5, 0.6) is 5.75 Å². The lowest BCUT2D eigenvalue weighted by atomic mass is 9.89. The predicted molar refractivity (Wildman–Crippen MR) is 102 cm³/mol. The lowest BCUT2D eigenvalue weighted by Gasteiger charge is -2.21. The molecule has 0 atom stereocenters. The van der Waals surface area contributed by atoms with Crippen LogP contribution in [0.1, 0.15) is 29.5 Å². The minimum Gasteiger partial charge on any atom is -0.491 e. The van der Waals surface area contributed by atoms with E-state index in [9.17, 15) is 0 Å². The summed E-state index contributed by atoms with van der Waals surface area (Å²) >= 11 is 0. The summed E-state index contributed by atoms with van der Waals surface area (Å²) in [6.07, 6.45) is 4.96. The summed E-state index contributed by atoms with van der Waals surface area (Å²) in [5.41, 5.74) is 4.09. The maximum atomic E-state index is 6.06. The van der Waals surface area contributed by atoms with E-state index in [0.717, 1.165) is 36.8 Å². The van der Waals surface area contributed by atoms with Crippen LogP contribution in [0.4, 0.5) is 0 Å². The molecule has 1 heterocycles. The van der Waals surface area contributed by atoms with Crippen molar-refractivity contribution in [1.82, 2.24) is 10.2 Å². The van der Waals surface area contributed by atoms with Crippen molar-refractivity contribution in [3.63, 3.8) is 0 Å². The quantitative estimate of drug-likeness (QED) is 0.751. The third-order valence-corrected chi connectivity index (χ3v) is 4.17. The van der Waals surface area contributed by atoms with Gasteiger partial charge in [-0.3, -0.25) is 4.99 Å². The first-order valence-corrected chi connectivity index (χ1v) is 7.96. The van der Waals surface area contributed by atoms with Crippen LogP contribution < -0.4 is 10.1 Å². The van der Waals surface area contributed by atoms with Crippen molar-refractivity contribution in [2.24, 2.45) is 4.99 Å². The molecular weight excluding hydrogens is 389 g/mol. The van der Waals surface area contributed by atoms with Crippen LogP contribution in [-0.2, 0) is 12.8 Å². The van der Waals surface area contributed by atoms with E-state index in [1.54, 1.807) is 0 Å². The van der Waals surface area contributed by atoms with Gasteiger partial charge in [-0.05, 0) is 63.0 Å². The summed E-state index contributed by atoms with van der Waals surface area (Å²) in [6.45, 7) is 3.44. The fraction of sp³-hybridized carbons (Fsp3) is 0.588. The summed E-state index contributed by atoms with van der Waals surface area (Å²) in [6, 6.07) is 4.55. The van der Waals surface area contributed by atoms with Gasteiger partial charge in [0.25, 0.3) is 0 Å². The van der Waals surface area contributed by atoms with E-state index in [2.05, 4.69) is 41.4 Å². The van der Waals surface area contributed by atoms with E-state index >= 15 is 0 Å². The molecule has 1 aliphatic carbocycles. The highest BCUT2D eigenvalue weighted by atomic mass is 127. The van der Waals surface area contributed by atoms with Crippen molar-refractivity contribution in [3.05, 3.63) is 28.8 Å². The Morgan fingerprint density at radius 2 is 1.91 bits per heavy atom. The maximum absolute atomic E-state index is 6.06. The van der Waals surface area contributed by atoms with Gasteiger partial charge in [0.15, 0.2) is 0 Å². The van der Waals surface area contributed by atoms with Crippen molar-refractivity contribution < 1.29 is 4.74 Å². The molecule has 5 heteroatoms. The fourth-order valence-corrected chi connectivity index (χ4v) is 2.98. The Labute approximate surface area is 150 Å². The number of hydrogen-bond donors (Lipinski definition) is 1. The second-order valence-electron chi connectivity index (χ2n) is 6.13. The number of rotatable bonds is 5. The third kappa shape index (κ3) is 4.13. The number of nitrogens with one attached hydrogen (secondary N) is 1. The minimum atomic E-state index is 0. The Bertz CT molecular complexity index is 543. The van der Waals surface area contributed by atoms with Crippen molar-refractivity contribution in [1.29, 1.82) is 0 Å². The zero-order valence-corrected chi connectivity index (χ0v) is 15.9. The second-order valence-corrected chi connectivity index (χ2v) is 6.13. The Balaban J connectivity index is 0.00000176. The standard InChI is InChI=1S/C17H25N3O.HI/c1-20(2)9-10-21-16-12-14-6-4-3-5-13(14)11-15(16)17-18-7-8-19-17;/h11-12H,3-10H2,1-2H3,(H,18,19);1H. The molecule has 0 saturated heterocycles. The normalized spacial score (nSPS) is 16.6. The lowest BCUT2D eigenvalue weighted by molar-refractivity contribution is 0.260. The molecule has 1 N–H and O–H groups in total. The number of hydrogen-bond acceptors (Lipinski definition) is 4. The van der Waals surface area contributed by atoms with E-state index in [0.29, 0.717) is 6.61 Å². The number of halogens is 1. The molecule has 22 heavy (non-hydrogen) atoms. The van der Waals surface area contributed by atoms with Crippen LogP contribution in [0.3, 0.4) is 0 Å².